The van der Waals surface area contributed by atoms with Gasteiger partial charge in [-0.15, -0.1) is 12.8 Å². The molecule has 0 unspecified atom stereocenters. The van der Waals surface area contributed by atoms with E-state index in [4.69, 9.17) is 9.90 Å². The number of rotatable bonds is 3. The van der Waals surface area contributed by atoms with E-state index in [2.05, 4.69) is 69.6 Å². The normalized spacial score (nSPS) is 12.9. The molecule has 0 radical (unpaired) electrons. The Labute approximate surface area is 193 Å². The molecule has 0 fully saturated rings. The lowest BCUT2D eigenvalue weighted by atomic mass is 9.72. The van der Waals surface area contributed by atoms with Crippen molar-refractivity contribution in [1.82, 2.24) is 0 Å². The maximum absolute atomic E-state index is 14.2. The van der Waals surface area contributed by atoms with Gasteiger partial charge in [-0.1, -0.05) is 45.0 Å². The lowest BCUT2D eigenvalue weighted by Gasteiger charge is -2.32. The summed E-state index contributed by atoms with van der Waals surface area (Å²) in [7, 11) is 1.68. The highest BCUT2D eigenvalue weighted by molar-refractivity contribution is 5.77. The van der Waals surface area contributed by atoms with Gasteiger partial charge in [0, 0.05) is 13.7 Å². The summed E-state index contributed by atoms with van der Waals surface area (Å²) in [6.45, 7) is 13.4. The van der Waals surface area contributed by atoms with Crippen molar-refractivity contribution in [3.05, 3.63) is 64.5 Å². The summed E-state index contributed by atoms with van der Waals surface area (Å²) in [5.41, 5.74) is 8.30. The lowest BCUT2D eigenvalue weighted by Crippen LogP contribution is -2.21. The minimum Gasteiger partial charge on any atom is -0.483 e. The van der Waals surface area contributed by atoms with Crippen LogP contribution in [0.1, 0.15) is 63.3 Å². The highest BCUT2D eigenvalue weighted by atomic mass is 19.1. The van der Waals surface area contributed by atoms with Crippen LogP contribution in [-0.4, -0.2) is 25.3 Å². The molecule has 0 saturated heterocycles. The second-order valence-corrected chi connectivity index (χ2v) is 8.03. The second-order valence-electron chi connectivity index (χ2n) is 8.03. The maximum Gasteiger partial charge on any atom is 0.290 e. The number of halogens is 1. The number of methoxy groups -OCH3 is 1. The fraction of sp³-hybridized carbons (Fsp3) is 0.393. The van der Waals surface area contributed by atoms with Crippen LogP contribution < -0.4 is 0 Å². The molecule has 1 aliphatic rings. The highest BCUT2D eigenvalue weighted by Gasteiger charge is 2.27. The number of hydrogen-bond donors (Lipinski definition) is 1. The molecule has 174 valence electrons. The van der Waals surface area contributed by atoms with Crippen molar-refractivity contribution < 1.29 is 19.0 Å². The van der Waals surface area contributed by atoms with E-state index in [1.54, 1.807) is 13.2 Å². The molecule has 0 bridgehead atoms. The van der Waals surface area contributed by atoms with Crippen molar-refractivity contribution in [2.75, 3.05) is 13.7 Å². The molecule has 0 amide bonds. The summed E-state index contributed by atoms with van der Waals surface area (Å²) in [6, 6.07) is 10.2. The summed E-state index contributed by atoms with van der Waals surface area (Å²) < 4.78 is 18.8. The van der Waals surface area contributed by atoms with Crippen molar-refractivity contribution in [3.8, 4) is 24.0 Å². The van der Waals surface area contributed by atoms with Gasteiger partial charge in [0.2, 0.25) is 0 Å². The van der Waals surface area contributed by atoms with Gasteiger partial charge in [-0.05, 0) is 90.1 Å². The minimum absolute atomic E-state index is 0.0996. The molecular weight excluding hydrogens is 403 g/mol. The summed E-state index contributed by atoms with van der Waals surface area (Å²) >= 11 is 0. The van der Waals surface area contributed by atoms with Crippen LogP contribution in [0.5, 0.6) is 0 Å². The Balaban J connectivity index is 0.000000926. The van der Waals surface area contributed by atoms with Crippen LogP contribution >= 0.6 is 0 Å². The molecule has 1 N–H and O–H groups in total. The van der Waals surface area contributed by atoms with E-state index < -0.39 is 0 Å². The number of carboxylic acid groups (broad SMARTS) is 1. The van der Waals surface area contributed by atoms with Crippen molar-refractivity contribution in [3.63, 3.8) is 0 Å². The zero-order valence-corrected chi connectivity index (χ0v) is 20.5. The smallest absolute Gasteiger partial charge is 0.290 e. The predicted molar refractivity (Wildman–Crippen MR) is 133 cm³/mol. The van der Waals surface area contributed by atoms with Crippen LogP contribution in [0.2, 0.25) is 0 Å². The van der Waals surface area contributed by atoms with Crippen molar-refractivity contribution in [2.45, 2.75) is 59.8 Å². The Morgan fingerprint density at radius 1 is 1.12 bits per heavy atom. The van der Waals surface area contributed by atoms with Gasteiger partial charge in [-0.25, -0.2) is 4.39 Å². The van der Waals surface area contributed by atoms with Crippen LogP contribution in [0.15, 0.2) is 36.4 Å². The van der Waals surface area contributed by atoms with Crippen molar-refractivity contribution in [1.29, 1.82) is 0 Å². The van der Waals surface area contributed by atoms with Crippen LogP contribution in [0.4, 0.5) is 4.39 Å². The second kappa shape index (κ2) is 14.2. The van der Waals surface area contributed by atoms with E-state index >= 15 is 0 Å². The van der Waals surface area contributed by atoms with E-state index in [9.17, 15) is 4.39 Å². The van der Waals surface area contributed by atoms with Crippen molar-refractivity contribution >= 4 is 12.0 Å². The van der Waals surface area contributed by atoms with Crippen LogP contribution in [0.25, 0.3) is 16.7 Å². The standard InChI is InChI=1S/C22H25F.C3H8O.C2H2.CH2O2/c1-6-16-7-8-17(12-21(16)23)18-13-20-19(11-15(18)3)14(2)9-10-22(20,4)5;1-3-4-2;1-2;2-1-3/h7-9,11-13H,6,10H2,1-5H3;3H2,1-2H3;1-2H;1H,(H,2,3). The zero-order valence-electron chi connectivity index (χ0n) is 20.5. The largest absolute Gasteiger partial charge is 0.483 e. The fourth-order valence-corrected chi connectivity index (χ4v) is 3.53. The SMILES string of the molecule is C#C.CCOC.CCc1ccc(-c2cc3c(cc2C)C(C)=CCC3(C)C)cc1F.O=CO. The number of allylic oxidation sites excluding steroid dienone is 2. The molecule has 2 aromatic carbocycles. The molecule has 4 heteroatoms. The summed E-state index contributed by atoms with van der Waals surface area (Å²) in [6.07, 6.45) is 12.1. The molecule has 0 heterocycles. The number of fused-ring (bicyclic) bond motifs is 1. The van der Waals surface area contributed by atoms with Gasteiger partial charge in [-0.3, -0.25) is 4.79 Å². The first-order valence-electron chi connectivity index (χ1n) is 10.7. The number of hydrogen-bond acceptors (Lipinski definition) is 2. The number of terminal acetylenes is 1. The van der Waals surface area contributed by atoms with E-state index in [0.717, 1.165) is 36.1 Å². The molecule has 0 aromatic heterocycles. The van der Waals surface area contributed by atoms with Gasteiger partial charge in [0.15, 0.2) is 0 Å². The topological polar surface area (TPSA) is 46.5 Å². The van der Waals surface area contributed by atoms with Gasteiger partial charge in [0.1, 0.15) is 5.82 Å². The number of ether oxygens (including phenoxy) is 1. The van der Waals surface area contributed by atoms with Gasteiger partial charge in [0.05, 0.1) is 0 Å². The van der Waals surface area contributed by atoms with E-state index in [1.807, 2.05) is 19.9 Å². The molecule has 3 rings (SSSR count). The Hall–Kier alpha value is -2.90. The molecule has 1 aliphatic carbocycles. The Morgan fingerprint density at radius 2 is 1.69 bits per heavy atom. The monoisotopic (exact) mass is 440 g/mol. The van der Waals surface area contributed by atoms with E-state index in [0.29, 0.717) is 0 Å². The van der Waals surface area contributed by atoms with Crippen LogP contribution in [-0.2, 0) is 21.4 Å². The van der Waals surface area contributed by atoms with Gasteiger partial charge < -0.3 is 9.84 Å². The maximum atomic E-state index is 14.2. The molecule has 0 atom stereocenters. The Bertz CT molecular complexity index is 922. The average molecular weight is 441 g/mol. The fourth-order valence-electron chi connectivity index (χ4n) is 3.53. The Kier molecular flexibility index (Phi) is 12.9. The third-order valence-corrected chi connectivity index (χ3v) is 5.47. The van der Waals surface area contributed by atoms with Crippen LogP contribution in [0.3, 0.4) is 0 Å². The molecule has 0 spiro atoms. The minimum atomic E-state index is -0.250. The highest BCUT2D eigenvalue weighted by Crippen LogP contribution is 2.41. The molecule has 32 heavy (non-hydrogen) atoms. The summed E-state index contributed by atoms with van der Waals surface area (Å²) in [5, 5.41) is 6.89. The zero-order chi connectivity index (χ0) is 24.9. The first-order chi connectivity index (χ1) is 15.2. The Morgan fingerprint density at radius 3 is 2.16 bits per heavy atom. The van der Waals surface area contributed by atoms with Gasteiger partial charge >= 0.3 is 0 Å². The lowest BCUT2D eigenvalue weighted by molar-refractivity contribution is -0.122. The first kappa shape index (κ1) is 29.1. The predicted octanol–water partition coefficient (Wildman–Crippen LogP) is 7.05. The van der Waals surface area contributed by atoms with Gasteiger partial charge in [-0.2, -0.15) is 0 Å². The van der Waals surface area contributed by atoms with Crippen molar-refractivity contribution in [2.24, 2.45) is 0 Å². The molecule has 0 aliphatic heterocycles. The van der Waals surface area contributed by atoms with E-state index in [-0.39, 0.29) is 17.7 Å². The van der Waals surface area contributed by atoms with E-state index in [1.165, 1.54) is 22.3 Å². The number of aryl methyl sites for hydroxylation is 2. The van der Waals surface area contributed by atoms with Crippen LogP contribution in [0, 0.1) is 25.6 Å². The summed E-state index contributed by atoms with van der Waals surface area (Å²) in [5.74, 6) is -0.0996. The first-order valence-corrected chi connectivity index (χ1v) is 10.7. The van der Waals surface area contributed by atoms with Gasteiger partial charge in [0.25, 0.3) is 6.47 Å². The quantitative estimate of drug-likeness (QED) is 0.411. The molecule has 3 nitrogen and oxygen atoms in total. The summed E-state index contributed by atoms with van der Waals surface area (Å²) in [4.78, 5) is 8.36. The number of carbonyl (C=O) groups is 1. The average Bonchev–Trinajstić information content (AvgIpc) is 2.78. The molecule has 0 saturated carbocycles. The molecule has 2 aromatic rings. The third-order valence-electron chi connectivity index (χ3n) is 5.47. The number of benzene rings is 2. The third kappa shape index (κ3) is 7.66. The molecular formula is C28H37FO3.